The molecule has 0 fully saturated rings. The molecular weight excluding hydrogens is 280 g/mol. The number of ether oxygens (including phenoxy) is 1. The number of benzene rings is 2. The number of anilines is 1. The second-order valence-electron chi connectivity index (χ2n) is 4.44. The topological polar surface area (TPSA) is 82.3 Å². The third-order valence-electron chi connectivity index (χ3n) is 2.92. The quantitative estimate of drug-likeness (QED) is 0.671. The summed E-state index contributed by atoms with van der Waals surface area (Å²) in [5.41, 5.74) is 1.19. The molecule has 2 rings (SSSR count). The number of nitriles is 1. The lowest BCUT2D eigenvalue weighted by Gasteiger charge is -2.05. The molecule has 22 heavy (non-hydrogen) atoms. The van der Waals surface area contributed by atoms with Gasteiger partial charge in [0.1, 0.15) is 23.1 Å². The van der Waals surface area contributed by atoms with Crippen LogP contribution in [-0.2, 0) is 4.79 Å². The van der Waals surface area contributed by atoms with Crippen molar-refractivity contribution in [2.45, 2.75) is 0 Å². The molecule has 0 saturated heterocycles. The van der Waals surface area contributed by atoms with Crippen molar-refractivity contribution in [1.82, 2.24) is 0 Å². The molecule has 5 nitrogen and oxygen atoms in total. The molecule has 0 aromatic heterocycles. The molecule has 2 N–H and O–H groups in total. The Kier molecular flexibility index (Phi) is 4.78. The molecular formula is C17H14N2O3. The lowest BCUT2D eigenvalue weighted by molar-refractivity contribution is -0.112. The first-order valence-electron chi connectivity index (χ1n) is 6.48. The number of carbonyl (C=O) groups excluding carboxylic acids is 1. The van der Waals surface area contributed by atoms with E-state index in [1.165, 1.54) is 18.2 Å². The number of phenolic OH excluding ortho intramolecular Hbond substituents is 1. The van der Waals surface area contributed by atoms with E-state index >= 15 is 0 Å². The summed E-state index contributed by atoms with van der Waals surface area (Å²) in [6.45, 7) is 0. The molecule has 0 aliphatic heterocycles. The number of hydrogen-bond acceptors (Lipinski definition) is 4. The molecule has 0 heterocycles. The molecule has 0 unspecified atom stereocenters. The highest BCUT2D eigenvalue weighted by molar-refractivity contribution is 6.09. The van der Waals surface area contributed by atoms with Crippen molar-refractivity contribution in [1.29, 1.82) is 5.26 Å². The van der Waals surface area contributed by atoms with Crippen LogP contribution in [0.5, 0.6) is 11.5 Å². The largest absolute Gasteiger partial charge is 0.508 e. The van der Waals surface area contributed by atoms with Crippen molar-refractivity contribution in [2.75, 3.05) is 12.4 Å². The first-order chi connectivity index (χ1) is 10.6. The molecule has 2 aromatic carbocycles. The summed E-state index contributed by atoms with van der Waals surface area (Å²) in [6.07, 6.45) is 1.46. The van der Waals surface area contributed by atoms with E-state index in [4.69, 9.17) is 10.00 Å². The predicted octanol–water partition coefficient (Wildman–Crippen LogP) is 2.95. The summed E-state index contributed by atoms with van der Waals surface area (Å²) in [6, 6.07) is 14.9. The van der Waals surface area contributed by atoms with Crippen LogP contribution in [0.1, 0.15) is 5.56 Å². The molecule has 1 amide bonds. The van der Waals surface area contributed by atoms with Gasteiger partial charge in [-0.15, -0.1) is 0 Å². The van der Waals surface area contributed by atoms with E-state index in [0.29, 0.717) is 17.0 Å². The molecule has 0 aliphatic carbocycles. The van der Waals surface area contributed by atoms with Gasteiger partial charge >= 0.3 is 0 Å². The molecule has 0 atom stereocenters. The van der Waals surface area contributed by atoms with Crippen LogP contribution in [0.3, 0.4) is 0 Å². The van der Waals surface area contributed by atoms with Gasteiger partial charge in [0.25, 0.3) is 5.91 Å². The Balaban J connectivity index is 2.14. The Hall–Kier alpha value is -3.26. The van der Waals surface area contributed by atoms with Gasteiger partial charge in [0.05, 0.1) is 7.11 Å². The van der Waals surface area contributed by atoms with E-state index in [0.717, 1.165) is 0 Å². The van der Waals surface area contributed by atoms with E-state index in [9.17, 15) is 9.90 Å². The van der Waals surface area contributed by atoms with Gasteiger partial charge in [-0.3, -0.25) is 4.79 Å². The van der Waals surface area contributed by atoms with Crippen LogP contribution in [0.2, 0.25) is 0 Å². The second-order valence-corrected chi connectivity index (χ2v) is 4.44. The fourth-order valence-corrected chi connectivity index (χ4v) is 1.76. The molecule has 0 bridgehead atoms. The lowest BCUT2D eigenvalue weighted by Crippen LogP contribution is -2.13. The van der Waals surface area contributed by atoms with E-state index in [2.05, 4.69) is 5.32 Å². The summed E-state index contributed by atoms with van der Waals surface area (Å²) in [5, 5.41) is 21.0. The average Bonchev–Trinajstić information content (AvgIpc) is 2.55. The fourth-order valence-electron chi connectivity index (χ4n) is 1.76. The van der Waals surface area contributed by atoms with Gasteiger partial charge in [0.2, 0.25) is 0 Å². The van der Waals surface area contributed by atoms with Crippen molar-refractivity contribution in [3.8, 4) is 17.6 Å². The molecule has 5 heteroatoms. The Morgan fingerprint density at radius 3 is 2.36 bits per heavy atom. The zero-order valence-electron chi connectivity index (χ0n) is 11.9. The number of carbonyl (C=O) groups is 1. The third-order valence-corrected chi connectivity index (χ3v) is 2.92. The van der Waals surface area contributed by atoms with Crippen LogP contribution < -0.4 is 10.1 Å². The van der Waals surface area contributed by atoms with E-state index in [1.54, 1.807) is 43.5 Å². The normalized spacial score (nSPS) is 10.6. The number of rotatable bonds is 4. The van der Waals surface area contributed by atoms with E-state index < -0.39 is 5.91 Å². The number of amides is 1. The third kappa shape index (κ3) is 3.87. The first kappa shape index (κ1) is 15.1. The maximum atomic E-state index is 12.1. The van der Waals surface area contributed by atoms with Gasteiger partial charge in [0, 0.05) is 5.69 Å². The van der Waals surface area contributed by atoms with E-state index in [-0.39, 0.29) is 11.3 Å². The lowest BCUT2D eigenvalue weighted by atomic mass is 10.1. The Morgan fingerprint density at radius 1 is 1.18 bits per heavy atom. The van der Waals surface area contributed by atoms with Crippen molar-refractivity contribution in [3.05, 3.63) is 59.7 Å². The number of methoxy groups -OCH3 is 1. The zero-order valence-corrected chi connectivity index (χ0v) is 11.9. The smallest absolute Gasteiger partial charge is 0.266 e. The highest BCUT2D eigenvalue weighted by atomic mass is 16.5. The second kappa shape index (κ2) is 6.95. The van der Waals surface area contributed by atoms with Crippen LogP contribution in [0.25, 0.3) is 6.08 Å². The highest BCUT2D eigenvalue weighted by Gasteiger charge is 2.09. The molecule has 0 saturated carbocycles. The number of nitrogens with zero attached hydrogens (tertiary/aromatic N) is 1. The van der Waals surface area contributed by atoms with Gasteiger partial charge in [-0.25, -0.2) is 0 Å². The summed E-state index contributed by atoms with van der Waals surface area (Å²) in [5.74, 6) is 0.303. The summed E-state index contributed by atoms with van der Waals surface area (Å²) >= 11 is 0. The number of aromatic hydroxyl groups is 1. The predicted molar refractivity (Wildman–Crippen MR) is 83.3 cm³/mol. The van der Waals surface area contributed by atoms with Crippen molar-refractivity contribution >= 4 is 17.7 Å². The fraction of sp³-hybridized carbons (Fsp3) is 0.0588. The van der Waals surface area contributed by atoms with Crippen molar-refractivity contribution in [3.63, 3.8) is 0 Å². The molecule has 0 spiro atoms. The van der Waals surface area contributed by atoms with Crippen LogP contribution in [0.4, 0.5) is 5.69 Å². The van der Waals surface area contributed by atoms with Gasteiger partial charge < -0.3 is 15.2 Å². The Morgan fingerprint density at radius 2 is 1.82 bits per heavy atom. The summed E-state index contributed by atoms with van der Waals surface area (Å²) in [7, 11) is 1.56. The number of phenols is 1. The van der Waals surface area contributed by atoms with Crippen LogP contribution >= 0.6 is 0 Å². The van der Waals surface area contributed by atoms with Crippen molar-refractivity contribution < 1.29 is 14.6 Å². The van der Waals surface area contributed by atoms with E-state index in [1.807, 2.05) is 6.07 Å². The van der Waals surface area contributed by atoms with Gasteiger partial charge in [-0.05, 0) is 48.0 Å². The van der Waals surface area contributed by atoms with Crippen LogP contribution in [0.15, 0.2) is 54.1 Å². The Labute approximate surface area is 128 Å². The van der Waals surface area contributed by atoms with Gasteiger partial charge in [-0.2, -0.15) is 5.26 Å². The Bertz CT molecular complexity index is 726. The first-order valence-corrected chi connectivity index (χ1v) is 6.48. The maximum absolute atomic E-state index is 12.1. The number of nitrogens with one attached hydrogen (secondary N) is 1. The minimum Gasteiger partial charge on any atom is -0.508 e. The molecule has 2 aromatic rings. The van der Waals surface area contributed by atoms with Crippen LogP contribution in [0, 0.1) is 11.3 Å². The SMILES string of the molecule is COc1ccc(NC(=O)C(C#N)=Cc2ccc(O)cc2)cc1. The standard InChI is InChI=1S/C17H14N2O3/c1-22-16-8-4-14(5-9-16)19-17(21)13(11-18)10-12-2-6-15(20)7-3-12/h2-10,20H,1H3,(H,19,21). The molecule has 0 radical (unpaired) electrons. The minimum absolute atomic E-state index is 0.0264. The molecule has 0 aliphatic rings. The highest BCUT2D eigenvalue weighted by Crippen LogP contribution is 2.17. The van der Waals surface area contributed by atoms with Crippen molar-refractivity contribution in [2.24, 2.45) is 0 Å². The summed E-state index contributed by atoms with van der Waals surface area (Å²) < 4.78 is 5.03. The van der Waals surface area contributed by atoms with Gasteiger partial charge in [-0.1, -0.05) is 12.1 Å². The molecule has 110 valence electrons. The average molecular weight is 294 g/mol. The number of hydrogen-bond donors (Lipinski definition) is 2. The monoisotopic (exact) mass is 294 g/mol. The van der Waals surface area contributed by atoms with Crippen LogP contribution in [-0.4, -0.2) is 18.1 Å². The minimum atomic E-state index is -0.499. The van der Waals surface area contributed by atoms with Gasteiger partial charge in [0.15, 0.2) is 0 Å². The zero-order chi connectivity index (χ0) is 15.9. The summed E-state index contributed by atoms with van der Waals surface area (Å²) in [4.78, 5) is 12.1. The maximum Gasteiger partial charge on any atom is 0.266 e.